The van der Waals surface area contributed by atoms with Gasteiger partial charge in [-0.15, -0.1) is 0 Å². The largest absolute Gasteiger partial charge is 0.493 e. The molecule has 0 bridgehead atoms. The molecule has 2 aliphatic heterocycles. The van der Waals surface area contributed by atoms with Crippen molar-refractivity contribution in [2.75, 3.05) is 13.2 Å². The number of nitrogens with one attached hydrogen (secondary N) is 1. The van der Waals surface area contributed by atoms with Crippen LogP contribution in [0.2, 0.25) is 0 Å². The smallest absolute Gasteiger partial charge is 0.122 e. The molecule has 2 aliphatic rings. The molecule has 4 heteroatoms. The summed E-state index contributed by atoms with van der Waals surface area (Å²) in [7, 11) is 0. The minimum absolute atomic E-state index is 0.0412. The van der Waals surface area contributed by atoms with Crippen LogP contribution < -0.4 is 20.7 Å². The van der Waals surface area contributed by atoms with Crippen molar-refractivity contribution in [2.24, 2.45) is 5.84 Å². The summed E-state index contributed by atoms with van der Waals surface area (Å²) in [5.41, 5.74) is 6.64. The molecule has 0 spiro atoms. The third-order valence-corrected chi connectivity index (χ3v) is 4.39. The quantitative estimate of drug-likeness (QED) is 0.670. The Labute approximate surface area is 123 Å². The van der Waals surface area contributed by atoms with Crippen molar-refractivity contribution in [3.63, 3.8) is 0 Å². The third kappa shape index (κ3) is 2.07. The Hall–Kier alpha value is -2.04. The zero-order chi connectivity index (χ0) is 14.2. The number of hydrazine groups is 1. The fourth-order valence-electron chi connectivity index (χ4n) is 3.31. The molecule has 2 heterocycles. The van der Waals surface area contributed by atoms with Gasteiger partial charge in [0.1, 0.15) is 11.5 Å². The van der Waals surface area contributed by atoms with E-state index in [2.05, 4.69) is 23.6 Å². The highest BCUT2D eigenvalue weighted by Crippen LogP contribution is 2.41. The summed E-state index contributed by atoms with van der Waals surface area (Å²) >= 11 is 0. The molecule has 108 valence electrons. The second-order valence-electron chi connectivity index (χ2n) is 5.57. The Balaban J connectivity index is 1.70. The molecule has 0 saturated heterocycles. The van der Waals surface area contributed by atoms with Gasteiger partial charge in [-0.3, -0.25) is 11.3 Å². The van der Waals surface area contributed by atoms with Crippen molar-refractivity contribution in [3.05, 3.63) is 59.2 Å². The number of benzene rings is 2. The number of nitrogens with two attached hydrogens (primary N) is 1. The lowest BCUT2D eigenvalue weighted by atomic mass is 9.88. The van der Waals surface area contributed by atoms with E-state index in [1.165, 1.54) is 16.7 Å². The summed E-state index contributed by atoms with van der Waals surface area (Å²) in [5, 5.41) is 0. The molecule has 0 saturated carbocycles. The van der Waals surface area contributed by atoms with E-state index in [1.807, 2.05) is 24.3 Å². The highest BCUT2D eigenvalue weighted by molar-refractivity contribution is 5.45. The van der Waals surface area contributed by atoms with Gasteiger partial charge in [-0.1, -0.05) is 30.3 Å². The Morgan fingerprint density at radius 2 is 2.00 bits per heavy atom. The van der Waals surface area contributed by atoms with Gasteiger partial charge in [0.15, 0.2) is 0 Å². The second kappa shape index (κ2) is 5.06. The summed E-state index contributed by atoms with van der Waals surface area (Å²) in [5.74, 6) is 8.04. The molecule has 21 heavy (non-hydrogen) atoms. The lowest BCUT2D eigenvalue weighted by Gasteiger charge is -2.23. The van der Waals surface area contributed by atoms with Gasteiger partial charge in [0.2, 0.25) is 0 Å². The van der Waals surface area contributed by atoms with Crippen molar-refractivity contribution in [1.29, 1.82) is 0 Å². The molecule has 0 aliphatic carbocycles. The van der Waals surface area contributed by atoms with Gasteiger partial charge in [0.25, 0.3) is 0 Å². The molecule has 0 radical (unpaired) electrons. The van der Waals surface area contributed by atoms with E-state index >= 15 is 0 Å². The van der Waals surface area contributed by atoms with E-state index in [9.17, 15) is 0 Å². The summed E-state index contributed by atoms with van der Waals surface area (Å²) in [6.45, 7) is 1.43. The summed E-state index contributed by atoms with van der Waals surface area (Å²) in [4.78, 5) is 0. The average Bonchev–Trinajstić information content (AvgIpc) is 3.15. The van der Waals surface area contributed by atoms with Gasteiger partial charge in [-0.25, -0.2) is 0 Å². The normalized spacial score (nSPS) is 20.3. The fourth-order valence-corrected chi connectivity index (χ4v) is 3.31. The van der Waals surface area contributed by atoms with E-state index in [4.69, 9.17) is 15.3 Å². The number of rotatable bonds is 3. The fraction of sp³-hybridized carbons (Fsp3) is 0.294. The lowest BCUT2D eigenvalue weighted by molar-refractivity contribution is 0.300. The first-order valence-corrected chi connectivity index (χ1v) is 7.30. The molecule has 2 atom stereocenters. The molecule has 4 rings (SSSR count). The monoisotopic (exact) mass is 282 g/mol. The number of fused-ring (bicyclic) bond motifs is 2. The Bertz CT molecular complexity index is 672. The number of hydrogen-bond acceptors (Lipinski definition) is 4. The highest BCUT2D eigenvalue weighted by atomic mass is 16.5. The van der Waals surface area contributed by atoms with E-state index in [0.717, 1.165) is 24.5 Å². The molecular weight excluding hydrogens is 264 g/mol. The lowest BCUT2D eigenvalue weighted by Crippen LogP contribution is -2.33. The molecule has 2 unspecified atom stereocenters. The van der Waals surface area contributed by atoms with Crippen molar-refractivity contribution in [1.82, 2.24) is 5.43 Å². The van der Waals surface area contributed by atoms with Crippen molar-refractivity contribution in [3.8, 4) is 11.5 Å². The van der Waals surface area contributed by atoms with Crippen LogP contribution in [-0.4, -0.2) is 13.2 Å². The van der Waals surface area contributed by atoms with E-state index in [1.54, 1.807) is 0 Å². The molecule has 2 aromatic carbocycles. The number of ether oxygens (including phenoxy) is 2. The topological polar surface area (TPSA) is 56.5 Å². The Morgan fingerprint density at radius 1 is 1.10 bits per heavy atom. The molecule has 0 aromatic heterocycles. The molecule has 0 amide bonds. The predicted molar refractivity (Wildman–Crippen MR) is 80.4 cm³/mol. The van der Waals surface area contributed by atoms with Crippen LogP contribution in [0.15, 0.2) is 42.5 Å². The SMILES string of the molecule is NNC(c1ccc2c(c1)CCO2)C1COc2ccccc21. The van der Waals surface area contributed by atoms with E-state index < -0.39 is 0 Å². The van der Waals surface area contributed by atoms with Crippen molar-refractivity contribution >= 4 is 0 Å². The Kier molecular flexibility index (Phi) is 3.05. The molecule has 2 aromatic rings. The number of hydrogen-bond donors (Lipinski definition) is 2. The van der Waals surface area contributed by atoms with Crippen molar-refractivity contribution < 1.29 is 9.47 Å². The summed E-state index contributed by atoms with van der Waals surface area (Å²) < 4.78 is 11.4. The maximum Gasteiger partial charge on any atom is 0.122 e. The van der Waals surface area contributed by atoms with E-state index in [0.29, 0.717) is 6.61 Å². The predicted octanol–water partition coefficient (Wildman–Crippen LogP) is 2.30. The number of para-hydroxylation sites is 1. The zero-order valence-electron chi connectivity index (χ0n) is 11.7. The van der Waals surface area contributed by atoms with Gasteiger partial charge in [0.05, 0.1) is 19.3 Å². The molecule has 3 N–H and O–H groups in total. The summed E-state index contributed by atoms with van der Waals surface area (Å²) in [6, 6.07) is 14.6. The molecule has 0 fully saturated rings. The van der Waals surface area contributed by atoms with Crippen LogP contribution in [-0.2, 0) is 6.42 Å². The van der Waals surface area contributed by atoms with Crippen molar-refractivity contribution in [2.45, 2.75) is 18.4 Å². The Morgan fingerprint density at radius 3 is 2.90 bits per heavy atom. The molecule has 4 nitrogen and oxygen atoms in total. The van der Waals surface area contributed by atoms with Crippen LogP contribution in [0.1, 0.15) is 28.7 Å². The van der Waals surface area contributed by atoms with Gasteiger partial charge in [0, 0.05) is 17.9 Å². The maximum absolute atomic E-state index is 5.85. The third-order valence-electron chi connectivity index (χ3n) is 4.39. The second-order valence-corrected chi connectivity index (χ2v) is 5.57. The van der Waals surface area contributed by atoms with Crippen LogP contribution in [0.5, 0.6) is 11.5 Å². The first-order chi connectivity index (χ1) is 10.4. The summed E-state index contributed by atoms with van der Waals surface area (Å²) in [6.07, 6.45) is 0.970. The van der Waals surface area contributed by atoms with Gasteiger partial charge >= 0.3 is 0 Å². The van der Waals surface area contributed by atoms with Gasteiger partial charge in [-0.05, 0) is 23.3 Å². The van der Waals surface area contributed by atoms with Crippen LogP contribution in [0.4, 0.5) is 0 Å². The zero-order valence-corrected chi connectivity index (χ0v) is 11.7. The molecular formula is C17H18N2O2. The van der Waals surface area contributed by atoms with Gasteiger partial charge < -0.3 is 9.47 Å². The minimum atomic E-state index is 0.0412. The maximum atomic E-state index is 5.85. The average molecular weight is 282 g/mol. The minimum Gasteiger partial charge on any atom is -0.493 e. The van der Waals surface area contributed by atoms with Crippen LogP contribution in [0.3, 0.4) is 0 Å². The highest BCUT2D eigenvalue weighted by Gasteiger charge is 2.32. The van der Waals surface area contributed by atoms with Crippen LogP contribution in [0, 0.1) is 0 Å². The van der Waals surface area contributed by atoms with E-state index in [-0.39, 0.29) is 12.0 Å². The first-order valence-electron chi connectivity index (χ1n) is 7.30. The first kappa shape index (κ1) is 12.7. The van der Waals surface area contributed by atoms with Crippen LogP contribution >= 0.6 is 0 Å². The van der Waals surface area contributed by atoms with Crippen LogP contribution in [0.25, 0.3) is 0 Å². The standard InChI is InChI=1S/C17H18N2O2/c18-19-17(12-5-6-15-11(9-12)7-8-20-15)14-10-21-16-4-2-1-3-13(14)16/h1-6,9,14,17,19H,7-8,10,18H2. The van der Waals surface area contributed by atoms with Gasteiger partial charge in [-0.2, -0.15) is 0 Å².